The fraction of sp³-hybridized carbons (Fsp3) is 0.217. The van der Waals surface area contributed by atoms with Gasteiger partial charge < -0.3 is 10.2 Å². The van der Waals surface area contributed by atoms with Crippen LogP contribution < -0.4 is 15.9 Å². The predicted molar refractivity (Wildman–Crippen MR) is 126 cm³/mol. The number of nitrogens with one attached hydrogen (secondary N) is 1. The van der Waals surface area contributed by atoms with E-state index in [1.807, 2.05) is 43.3 Å². The number of amides is 1. The first-order valence-corrected chi connectivity index (χ1v) is 11.0. The molecule has 0 aliphatic rings. The topological polar surface area (TPSA) is 85.0 Å². The quantitative estimate of drug-likeness (QED) is 0.453. The standard InChI is InChI=1S/C23H23FN6O2S/c1-15-20(21(31)25-12-17-5-4-6-19(11-17)28(2)3)33-22(27-15)29-14-26-30(23(29)32)13-16-7-9-18(24)10-8-16/h4-11,14H,12-13H2,1-3H3,(H,25,31). The zero-order chi connectivity index (χ0) is 23.5. The maximum atomic E-state index is 13.1. The summed E-state index contributed by atoms with van der Waals surface area (Å²) >= 11 is 1.13. The smallest absolute Gasteiger partial charge is 0.352 e. The highest BCUT2D eigenvalue weighted by Gasteiger charge is 2.18. The number of aryl methyl sites for hydroxylation is 1. The Hall–Kier alpha value is -3.79. The Bertz CT molecular complexity index is 1340. The number of halogens is 1. The van der Waals surface area contributed by atoms with Gasteiger partial charge in [0.1, 0.15) is 17.0 Å². The first-order valence-electron chi connectivity index (χ1n) is 10.2. The van der Waals surface area contributed by atoms with E-state index in [9.17, 15) is 14.0 Å². The highest BCUT2D eigenvalue weighted by Crippen LogP contribution is 2.21. The summed E-state index contributed by atoms with van der Waals surface area (Å²) in [4.78, 5) is 32.4. The Labute approximate surface area is 193 Å². The first-order chi connectivity index (χ1) is 15.8. The molecule has 0 saturated carbocycles. The largest absolute Gasteiger partial charge is 0.378 e. The second kappa shape index (κ2) is 9.37. The highest BCUT2D eigenvalue weighted by molar-refractivity contribution is 7.16. The van der Waals surface area contributed by atoms with Gasteiger partial charge in [0.25, 0.3) is 5.91 Å². The molecule has 2 aromatic carbocycles. The second-order valence-corrected chi connectivity index (χ2v) is 8.70. The summed E-state index contributed by atoms with van der Waals surface area (Å²) in [5.74, 6) is -0.593. The van der Waals surface area contributed by atoms with Crippen LogP contribution in [0.3, 0.4) is 0 Å². The van der Waals surface area contributed by atoms with E-state index in [0.29, 0.717) is 22.2 Å². The molecule has 0 radical (unpaired) electrons. The minimum atomic E-state index is -0.388. The zero-order valence-corrected chi connectivity index (χ0v) is 19.3. The van der Waals surface area contributed by atoms with E-state index in [-0.39, 0.29) is 24.0 Å². The summed E-state index contributed by atoms with van der Waals surface area (Å²) < 4.78 is 15.7. The molecule has 0 aliphatic heterocycles. The van der Waals surface area contributed by atoms with Crippen molar-refractivity contribution < 1.29 is 9.18 Å². The fourth-order valence-electron chi connectivity index (χ4n) is 3.24. The van der Waals surface area contributed by atoms with Gasteiger partial charge in [-0.25, -0.2) is 23.4 Å². The minimum Gasteiger partial charge on any atom is -0.378 e. The van der Waals surface area contributed by atoms with Crippen LogP contribution in [0.15, 0.2) is 59.7 Å². The van der Waals surface area contributed by atoms with E-state index in [4.69, 9.17) is 0 Å². The molecule has 0 spiro atoms. The van der Waals surface area contributed by atoms with Crippen LogP contribution in [0, 0.1) is 12.7 Å². The molecular weight excluding hydrogens is 443 g/mol. The molecular formula is C23H23FN6O2S. The highest BCUT2D eigenvalue weighted by atomic mass is 32.1. The molecule has 0 saturated heterocycles. The number of rotatable bonds is 7. The third-order valence-corrected chi connectivity index (χ3v) is 6.21. The second-order valence-electron chi connectivity index (χ2n) is 7.73. The maximum Gasteiger partial charge on any atom is 0.352 e. The lowest BCUT2D eigenvalue weighted by atomic mass is 10.2. The molecule has 10 heteroatoms. The number of thiazole rings is 1. The molecule has 0 fully saturated rings. The number of benzene rings is 2. The third kappa shape index (κ3) is 5.01. The van der Waals surface area contributed by atoms with Crippen molar-refractivity contribution in [3.8, 4) is 5.13 Å². The van der Waals surface area contributed by atoms with E-state index in [1.165, 1.54) is 27.7 Å². The molecule has 0 bridgehead atoms. The van der Waals surface area contributed by atoms with Crippen LogP contribution in [0.5, 0.6) is 0 Å². The van der Waals surface area contributed by atoms with Gasteiger partial charge in [0.2, 0.25) is 0 Å². The van der Waals surface area contributed by atoms with Gasteiger partial charge in [-0.3, -0.25) is 4.79 Å². The fourth-order valence-corrected chi connectivity index (χ4v) is 4.19. The van der Waals surface area contributed by atoms with Gasteiger partial charge in [0, 0.05) is 26.3 Å². The van der Waals surface area contributed by atoms with Gasteiger partial charge in [0.05, 0.1) is 12.2 Å². The van der Waals surface area contributed by atoms with Crippen molar-refractivity contribution in [3.05, 3.63) is 92.9 Å². The van der Waals surface area contributed by atoms with Crippen LogP contribution in [0.1, 0.15) is 26.5 Å². The minimum absolute atomic E-state index is 0.204. The Balaban J connectivity index is 1.48. The van der Waals surface area contributed by atoms with Crippen LogP contribution >= 0.6 is 11.3 Å². The molecule has 4 aromatic rings. The summed E-state index contributed by atoms with van der Waals surface area (Å²) in [6.45, 7) is 2.31. The molecule has 170 valence electrons. The van der Waals surface area contributed by atoms with Crippen LogP contribution in [0.2, 0.25) is 0 Å². The van der Waals surface area contributed by atoms with Gasteiger partial charge >= 0.3 is 5.69 Å². The summed E-state index contributed by atoms with van der Waals surface area (Å²) in [6.07, 6.45) is 1.37. The average molecular weight is 467 g/mol. The molecule has 2 heterocycles. The Morgan fingerprint density at radius 3 is 2.64 bits per heavy atom. The lowest BCUT2D eigenvalue weighted by Crippen LogP contribution is -2.24. The number of hydrogen-bond acceptors (Lipinski definition) is 6. The number of aromatic nitrogens is 4. The number of carbonyl (C=O) groups excluding carboxylic acids is 1. The normalized spacial score (nSPS) is 10.9. The zero-order valence-electron chi connectivity index (χ0n) is 18.4. The monoisotopic (exact) mass is 466 g/mol. The van der Waals surface area contributed by atoms with E-state index in [1.54, 1.807) is 19.1 Å². The molecule has 1 amide bonds. The SMILES string of the molecule is Cc1nc(-n2cnn(Cc3ccc(F)cc3)c2=O)sc1C(=O)NCc1cccc(N(C)C)c1. The van der Waals surface area contributed by atoms with Crippen LogP contribution in [0.4, 0.5) is 10.1 Å². The maximum absolute atomic E-state index is 13.1. The number of hydrogen-bond donors (Lipinski definition) is 1. The predicted octanol–water partition coefficient (Wildman–Crippen LogP) is 2.98. The molecule has 0 unspecified atom stereocenters. The Morgan fingerprint density at radius 2 is 1.91 bits per heavy atom. The summed E-state index contributed by atoms with van der Waals surface area (Å²) in [5.41, 5.74) is 2.93. The Kier molecular flexibility index (Phi) is 6.36. The summed E-state index contributed by atoms with van der Waals surface area (Å²) in [6, 6.07) is 13.8. The lowest BCUT2D eigenvalue weighted by Gasteiger charge is -2.13. The molecule has 8 nitrogen and oxygen atoms in total. The first kappa shape index (κ1) is 22.4. The molecule has 0 atom stereocenters. The van der Waals surface area contributed by atoms with Crippen molar-refractivity contribution in [2.24, 2.45) is 0 Å². The number of carbonyl (C=O) groups is 1. The summed E-state index contributed by atoms with van der Waals surface area (Å²) in [7, 11) is 3.92. The van der Waals surface area contributed by atoms with Crippen molar-refractivity contribution in [1.29, 1.82) is 0 Å². The molecule has 1 N–H and O–H groups in total. The van der Waals surface area contributed by atoms with E-state index >= 15 is 0 Å². The van der Waals surface area contributed by atoms with Crippen molar-refractivity contribution in [2.45, 2.75) is 20.0 Å². The van der Waals surface area contributed by atoms with Gasteiger partial charge in [-0.15, -0.1) is 0 Å². The average Bonchev–Trinajstić information content (AvgIpc) is 3.36. The van der Waals surface area contributed by atoms with E-state index in [2.05, 4.69) is 15.4 Å². The van der Waals surface area contributed by atoms with Gasteiger partial charge in [-0.05, 0) is 42.3 Å². The van der Waals surface area contributed by atoms with Gasteiger partial charge in [0.15, 0.2) is 5.13 Å². The number of nitrogens with zero attached hydrogens (tertiary/aromatic N) is 5. The number of anilines is 1. The molecule has 4 rings (SSSR count). The Morgan fingerprint density at radius 1 is 1.15 bits per heavy atom. The molecule has 2 aromatic heterocycles. The van der Waals surface area contributed by atoms with Crippen molar-refractivity contribution in [2.75, 3.05) is 19.0 Å². The van der Waals surface area contributed by atoms with Gasteiger partial charge in [-0.2, -0.15) is 5.10 Å². The van der Waals surface area contributed by atoms with Gasteiger partial charge in [-0.1, -0.05) is 35.6 Å². The molecule has 0 aliphatic carbocycles. The van der Waals surface area contributed by atoms with Crippen LogP contribution in [-0.4, -0.2) is 39.3 Å². The van der Waals surface area contributed by atoms with Crippen molar-refractivity contribution in [1.82, 2.24) is 24.6 Å². The van der Waals surface area contributed by atoms with E-state index in [0.717, 1.165) is 28.2 Å². The third-order valence-electron chi connectivity index (χ3n) is 5.06. The van der Waals surface area contributed by atoms with Crippen LogP contribution in [0.25, 0.3) is 5.13 Å². The molecule has 33 heavy (non-hydrogen) atoms. The van der Waals surface area contributed by atoms with E-state index < -0.39 is 0 Å². The van der Waals surface area contributed by atoms with Crippen molar-refractivity contribution >= 4 is 22.9 Å². The lowest BCUT2D eigenvalue weighted by molar-refractivity contribution is 0.0954. The van der Waals surface area contributed by atoms with Crippen LogP contribution in [-0.2, 0) is 13.1 Å². The van der Waals surface area contributed by atoms with Crippen molar-refractivity contribution in [3.63, 3.8) is 0 Å². The summed E-state index contributed by atoms with van der Waals surface area (Å²) in [5, 5.41) is 7.41.